The number of aryl methyl sites for hydroxylation is 1. The van der Waals surface area contributed by atoms with Gasteiger partial charge in [0, 0.05) is 6.10 Å². The van der Waals surface area contributed by atoms with E-state index in [4.69, 9.17) is 8.61 Å². The van der Waals surface area contributed by atoms with Crippen molar-refractivity contribution in [2.45, 2.75) is 82.2 Å². The third-order valence-corrected chi connectivity index (χ3v) is 11.1. The Morgan fingerprint density at radius 2 is 1.58 bits per heavy atom. The first-order valence-corrected chi connectivity index (χ1v) is 12.9. The van der Waals surface area contributed by atoms with Crippen LogP contribution in [-0.4, -0.2) is 28.9 Å². The van der Waals surface area contributed by atoms with Crippen LogP contribution in [0.1, 0.15) is 45.6 Å². The van der Waals surface area contributed by atoms with Crippen LogP contribution < -0.4 is 0 Å². The average molecular weight is 371 g/mol. The summed E-state index contributed by atoms with van der Waals surface area (Å²) in [5.41, 5.74) is 1.03. The lowest BCUT2D eigenvalue weighted by molar-refractivity contribution is 0.158. The zero-order chi connectivity index (χ0) is 18.2. The summed E-state index contributed by atoms with van der Waals surface area (Å²) in [6.07, 6.45) is 2.05. The van der Waals surface area contributed by atoms with Crippen LogP contribution in [0.2, 0.25) is 18.1 Å². The summed E-state index contributed by atoms with van der Waals surface area (Å²) in [6, 6.07) is 6.77. The van der Waals surface area contributed by atoms with E-state index in [-0.39, 0.29) is 22.1 Å². The first-order valence-electron chi connectivity index (χ1n) is 8.58. The fourth-order valence-corrected chi connectivity index (χ4v) is 5.14. The molecule has 0 bridgehead atoms. The average Bonchev–Trinajstić information content (AvgIpc) is 2.83. The molecule has 0 unspecified atom stereocenters. The van der Waals surface area contributed by atoms with Gasteiger partial charge in [-0.15, -0.1) is 0 Å². The largest absolute Gasteiger partial charge is 0.414 e. The van der Waals surface area contributed by atoms with Gasteiger partial charge in [-0.1, -0.05) is 38.5 Å². The summed E-state index contributed by atoms with van der Waals surface area (Å²) in [7, 11) is -5.53. The molecule has 1 aromatic rings. The normalized spacial score (nSPS) is 22.8. The molecule has 0 N–H and O–H groups in total. The van der Waals surface area contributed by atoms with E-state index in [1.807, 2.05) is 6.92 Å². The Bertz CT molecular complexity index is 659. The van der Waals surface area contributed by atoms with Crippen LogP contribution in [0.5, 0.6) is 0 Å². The van der Waals surface area contributed by atoms with Crippen LogP contribution in [0.25, 0.3) is 0 Å². The molecule has 1 saturated carbocycles. The van der Waals surface area contributed by atoms with Gasteiger partial charge in [-0.05, 0) is 56.5 Å². The van der Waals surface area contributed by atoms with Crippen LogP contribution in [0.4, 0.5) is 0 Å². The number of benzene rings is 1. The number of rotatable bonds is 5. The van der Waals surface area contributed by atoms with Gasteiger partial charge in [-0.2, -0.15) is 8.42 Å². The van der Waals surface area contributed by atoms with Gasteiger partial charge >= 0.3 is 0 Å². The van der Waals surface area contributed by atoms with E-state index in [0.717, 1.165) is 18.4 Å². The SMILES string of the molecule is Cc1ccc(S(=O)(=O)O[C@H]2CC[C@@H](O[Si](C)(C)C(C)(C)C)C2)cc1. The summed E-state index contributed by atoms with van der Waals surface area (Å²) in [5.74, 6) is 0. The molecule has 6 heteroatoms. The van der Waals surface area contributed by atoms with Crippen LogP contribution in [0, 0.1) is 6.92 Å². The van der Waals surface area contributed by atoms with E-state index >= 15 is 0 Å². The molecule has 0 radical (unpaired) electrons. The molecule has 0 aromatic heterocycles. The van der Waals surface area contributed by atoms with Crippen molar-refractivity contribution < 1.29 is 17.0 Å². The zero-order valence-electron chi connectivity index (χ0n) is 15.6. The summed E-state index contributed by atoms with van der Waals surface area (Å²) in [4.78, 5) is 0.224. The molecular formula is C18H30O4SSi. The van der Waals surface area contributed by atoms with Crippen LogP contribution in [0.3, 0.4) is 0 Å². The highest BCUT2D eigenvalue weighted by Crippen LogP contribution is 2.40. The van der Waals surface area contributed by atoms with Crippen molar-refractivity contribution in [1.82, 2.24) is 0 Å². The Kier molecular flexibility index (Phi) is 5.64. The second-order valence-corrected chi connectivity index (χ2v) is 14.6. The van der Waals surface area contributed by atoms with Gasteiger partial charge in [0.2, 0.25) is 0 Å². The van der Waals surface area contributed by atoms with E-state index in [9.17, 15) is 8.42 Å². The minimum absolute atomic E-state index is 0.101. The lowest BCUT2D eigenvalue weighted by atomic mass is 10.2. The fourth-order valence-electron chi connectivity index (χ4n) is 2.63. The van der Waals surface area contributed by atoms with E-state index in [1.54, 1.807) is 24.3 Å². The van der Waals surface area contributed by atoms with E-state index in [1.165, 1.54) is 0 Å². The summed E-state index contributed by atoms with van der Waals surface area (Å²) in [5, 5.41) is 0.153. The van der Waals surface area contributed by atoms with Crippen molar-refractivity contribution in [3.63, 3.8) is 0 Å². The molecular weight excluding hydrogens is 340 g/mol. The standard InChI is InChI=1S/C18H30O4SSi/c1-14-7-11-17(12-8-14)23(19,20)21-15-9-10-16(13-15)22-24(5,6)18(2,3)4/h7-8,11-12,15-16H,9-10,13H2,1-6H3/t15-,16+/m0/s1. The molecule has 4 nitrogen and oxygen atoms in total. The van der Waals surface area contributed by atoms with Crippen molar-refractivity contribution in [3.05, 3.63) is 29.8 Å². The van der Waals surface area contributed by atoms with Crippen molar-refractivity contribution in [1.29, 1.82) is 0 Å². The predicted molar refractivity (Wildman–Crippen MR) is 99.2 cm³/mol. The van der Waals surface area contributed by atoms with Gasteiger partial charge in [0.15, 0.2) is 8.32 Å². The van der Waals surface area contributed by atoms with Gasteiger partial charge in [0.05, 0.1) is 11.0 Å². The van der Waals surface area contributed by atoms with Crippen LogP contribution >= 0.6 is 0 Å². The van der Waals surface area contributed by atoms with Gasteiger partial charge in [0.1, 0.15) is 0 Å². The van der Waals surface area contributed by atoms with Crippen molar-refractivity contribution in [2.24, 2.45) is 0 Å². The monoisotopic (exact) mass is 370 g/mol. The highest BCUT2D eigenvalue weighted by atomic mass is 32.2. The first-order chi connectivity index (χ1) is 10.9. The Morgan fingerprint density at radius 3 is 2.12 bits per heavy atom. The molecule has 1 aliphatic carbocycles. The van der Waals surface area contributed by atoms with Gasteiger partial charge in [-0.25, -0.2) is 0 Å². The van der Waals surface area contributed by atoms with Crippen LogP contribution in [-0.2, 0) is 18.7 Å². The molecule has 2 rings (SSSR count). The molecule has 2 atom stereocenters. The highest BCUT2D eigenvalue weighted by molar-refractivity contribution is 7.86. The second-order valence-electron chi connectivity index (χ2n) is 8.30. The molecule has 0 aliphatic heterocycles. The van der Waals surface area contributed by atoms with Crippen molar-refractivity contribution in [3.8, 4) is 0 Å². The second kappa shape index (κ2) is 6.90. The van der Waals surface area contributed by atoms with Crippen LogP contribution in [0.15, 0.2) is 29.2 Å². The van der Waals surface area contributed by atoms with E-state index in [0.29, 0.717) is 6.42 Å². The Morgan fingerprint density at radius 1 is 1.04 bits per heavy atom. The maximum atomic E-state index is 12.4. The molecule has 0 saturated heterocycles. The van der Waals surface area contributed by atoms with Gasteiger partial charge < -0.3 is 4.43 Å². The molecule has 0 amide bonds. The molecule has 0 heterocycles. The molecule has 1 fully saturated rings. The third kappa shape index (κ3) is 4.68. The van der Waals surface area contributed by atoms with Gasteiger partial charge in [-0.3, -0.25) is 4.18 Å². The quantitative estimate of drug-likeness (QED) is 0.559. The molecule has 24 heavy (non-hydrogen) atoms. The molecule has 1 aliphatic rings. The molecule has 1 aromatic carbocycles. The molecule has 0 spiro atoms. The van der Waals surface area contributed by atoms with Crippen molar-refractivity contribution >= 4 is 18.4 Å². The number of hydrogen-bond acceptors (Lipinski definition) is 4. The predicted octanol–water partition coefficient (Wildman–Crippen LogP) is 4.64. The summed E-state index contributed by atoms with van der Waals surface area (Å²) < 4.78 is 36.6. The zero-order valence-corrected chi connectivity index (χ0v) is 17.4. The Labute approximate surface area is 147 Å². The smallest absolute Gasteiger partial charge is 0.297 e. The first kappa shape index (κ1) is 19.6. The minimum atomic E-state index is -3.70. The lowest BCUT2D eigenvalue weighted by Crippen LogP contribution is -2.43. The highest BCUT2D eigenvalue weighted by Gasteiger charge is 2.41. The lowest BCUT2D eigenvalue weighted by Gasteiger charge is -2.38. The van der Waals surface area contributed by atoms with E-state index in [2.05, 4.69) is 33.9 Å². The number of hydrogen-bond donors (Lipinski definition) is 0. The van der Waals surface area contributed by atoms with E-state index < -0.39 is 18.4 Å². The fraction of sp³-hybridized carbons (Fsp3) is 0.667. The summed E-state index contributed by atoms with van der Waals surface area (Å²) in [6.45, 7) is 13.0. The maximum absolute atomic E-state index is 12.4. The Balaban J connectivity index is 1.98. The topological polar surface area (TPSA) is 52.6 Å². The maximum Gasteiger partial charge on any atom is 0.297 e. The van der Waals surface area contributed by atoms with Crippen molar-refractivity contribution in [2.75, 3.05) is 0 Å². The minimum Gasteiger partial charge on any atom is -0.414 e. The third-order valence-electron chi connectivity index (χ3n) is 5.18. The Hall–Kier alpha value is -0.693. The molecule has 136 valence electrons. The summed E-state index contributed by atoms with van der Waals surface area (Å²) >= 11 is 0. The van der Waals surface area contributed by atoms with Gasteiger partial charge in [0.25, 0.3) is 10.1 Å².